The average molecular weight is 405 g/mol. The molecule has 9 heteroatoms. The van der Waals surface area contributed by atoms with Crippen LogP contribution in [0.3, 0.4) is 0 Å². The van der Waals surface area contributed by atoms with Crippen LogP contribution in [-0.4, -0.2) is 46.5 Å². The molecule has 2 bridgehead atoms. The van der Waals surface area contributed by atoms with Crippen LogP contribution in [0.5, 0.6) is 11.5 Å². The van der Waals surface area contributed by atoms with Crippen molar-refractivity contribution in [3.63, 3.8) is 0 Å². The van der Waals surface area contributed by atoms with Crippen molar-refractivity contribution in [1.82, 2.24) is 14.1 Å². The van der Waals surface area contributed by atoms with Crippen LogP contribution in [0, 0.1) is 6.92 Å². The fourth-order valence-electron chi connectivity index (χ4n) is 4.84. The first-order chi connectivity index (χ1) is 13.3. The predicted octanol–water partition coefficient (Wildman–Crippen LogP) is 1.66. The van der Waals surface area contributed by atoms with E-state index in [1.807, 2.05) is 12.1 Å². The molecule has 4 heterocycles. The molecule has 0 spiro atoms. The summed E-state index contributed by atoms with van der Waals surface area (Å²) >= 11 is 0. The molecule has 8 nitrogen and oxygen atoms in total. The van der Waals surface area contributed by atoms with Crippen molar-refractivity contribution in [2.45, 2.75) is 55.2 Å². The van der Waals surface area contributed by atoms with Gasteiger partial charge in [-0.2, -0.15) is 9.40 Å². The highest BCUT2D eigenvalue weighted by atomic mass is 32.2. The van der Waals surface area contributed by atoms with Gasteiger partial charge >= 0.3 is 0 Å². The van der Waals surface area contributed by atoms with Crippen LogP contribution in [0.25, 0.3) is 0 Å². The van der Waals surface area contributed by atoms with Crippen LogP contribution in [0.4, 0.5) is 0 Å². The van der Waals surface area contributed by atoms with Crippen LogP contribution in [0.2, 0.25) is 0 Å². The molecule has 0 saturated carbocycles. The Morgan fingerprint density at radius 1 is 1.18 bits per heavy atom. The van der Waals surface area contributed by atoms with E-state index in [9.17, 15) is 13.5 Å². The molecular weight excluding hydrogens is 382 g/mol. The molecule has 1 N–H and O–H groups in total. The van der Waals surface area contributed by atoms with Gasteiger partial charge in [0.2, 0.25) is 16.8 Å². The van der Waals surface area contributed by atoms with E-state index in [0.717, 1.165) is 18.4 Å². The van der Waals surface area contributed by atoms with E-state index in [-0.39, 0.29) is 23.8 Å². The highest BCUT2D eigenvalue weighted by Gasteiger charge is 2.53. The molecule has 2 saturated heterocycles. The number of rotatable bonds is 3. The normalized spacial score (nSPS) is 29.4. The fourth-order valence-corrected chi connectivity index (χ4v) is 6.90. The molecule has 0 aliphatic carbocycles. The zero-order valence-corrected chi connectivity index (χ0v) is 16.6. The second-order valence-corrected chi connectivity index (χ2v) is 9.76. The Morgan fingerprint density at radius 3 is 2.50 bits per heavy atom. The van der Waals surface area contributed by atoms with Crippen molar-refractivity contribution in [2.24, 2.45) is 7.05 Å². The summed E-state index contributed by atoms with van der Waals surface area (Å²) in [7, 11) is -1.92. The maximum atomic E-state index is 13.3. The Kier molecular flexibility index (Phi) is 3.82. The highest BCUT2D eigenvalue weighted by Crippen LogP contribution is 2.49. The molecule has 5 rings (SSSR count). The minimum absolute atomic E-state index is 0.180. The standard InChI is InChI=1S/C19H23N3O5S/c1-12-18(10-20-21(12)2)28(24,25)22-14-4-5-15(22)9-19(23,8-14)13-3-6-16-17(7-13)27-11-26-16/h3,6-7,10,14-15,23H,4-5,8-9,11H2,1-2H3/t14-,15-/m0/s1. The van der Waals surface area contributed by atoms with E-state index in [4.69, 9.17) is 9.47 Å². The van der Waals surface area contributed by atoms with Crippen LogP contribution < -0.4 is 9.47 Å². The number of aliphatic hydroxyl groups is 1. The third-order valence-corrected chi connectivity index (χ3v) is 8.46. The molecule has 1 aromatic carbocycles. The second-order valence-electron chi connectivity index (χ2n) is 7.95. The lowest BCUT2D eigenvalue weighted by Gasteiger charge is -2.43. The highest BCUT2D eigenvalue weighted by molar-refractivity contribution is 7.89. The Hall–Kier alpha value is -2.10. The Balaban J connectivity index is 1.47. The summed E-state index contributed by atoms with van der Waals surface area (Å²) in [6.45, 7) is 1.94. The van der Waals surface area contributed by atoms with Gasteiger partial charge in [-0.1, -0.05) is 6.07 Å². The van der Waals surface area contributed by atoms with Crippen molar-refractivity contribution >= 4 is 10.0 Å². The van der Waals surface area contributed by atoms with Crippen LogP contribution in [0.15, 0.2) is 29.3 Å². The van der Waals surface area contributed by atoms with Gasteiger partial charge in [0, 0.05) is 19.1 Å². The molecule has 2 atom stereocenters. The van der Waals surface area contributed by atoms with Crippen molar-refractivity contribution in [1.29, 1.82) is 0 Å². The lowest BCUT2D eigenvalue weighted by molar-refractivity contribution is -0.0341. The number of aryl methyl sites for hydroxylation is 1. The summed E-state index contributed by atoms with van der Waals surface area (Å²) < 4.78 is 40.7. The van der Waals surface area contributed by atoms with Crippen molar-refractivity contribution < 1.29 is 23.0 Å². The summed E-state index contributed by atoms with van der Waals surface area (Å²) in [6.07, 6.45) is 3.64. The fraction of sp³-hybridized carbons (Fsp3) is 0.526. The van der Waals surface area contributed by atoms with Crippen LogP contribution in [0.1, 0.15) is 36.9 Å². The van der Waals surface area contributed by atoms with E-state index in [1.54, 1.807) is 29.0 Å². The smallest absolute Gasteiger partial charge is 0.246 e. The number of fused-ring (bicyclic) bond motifs is 3. The van der Waals surface area contributed by atoms with Gasteiger partial charge in [0.15, 0.2) is 11.5 Å². The molecule has 1 aromatic heterocycles. The maximum Gasteiger partial charge on any atom is 0.246 e. The van der Waals surface area contributed by atoms with E-state index >= 15 is 0 Å². The maximum absolute atomic E-state index is 13.3. The van der Waals surface area contributed by atoms with E-state index in [1.165, 1.54) is 6.20 Å². The third-order valence-electron chi connectivity index (χ3n) is 6.36. The number of sulfonamides is 1. The summed E-state index contributed by atoms with van der Waals surface area (Å²) in [4.78, 5) is 0.250. The number of aromatic nitrogens is 2. The lowest BCUT2D eigenvalue weighted by atomic mass is 9.81. The van der Waals surface area contributed by atoms with Crippen LogP contribution >= 0.6 is 0 Å². The average Bonchev–Trinajstić information content (AvgIpc) is 3.33. The minimum atomic E-state index is -3.66. The van der Waals surface area contributed by atoms with Crippen molar-refractivity contribution in [2.75, 3.05) is 6.79 Å². The predicted molar refractivity (Wildman–Crippen MR) is 99.5 cm³/mol. The summed E-state index contributed by atoms with van der Waals surface area (Å²) in [5, 5.41) is 15.5. The summed E-state index contributed by atoms with van der Waals surface area (Å²) in [5.74, 6) is 1.29. The SMILES string of the molecule is Cc1c(S(=O)(=O)N2[C@H]3CC[C@H]2CC(O)(c2ccc4c(c2)OCO4)C3)cnn1C. The zero-order valence-electron chi connectivity index (χ0n) is 15.8. The second kappa shape index (κ2) is 5.95. The number of nitrogens with zero attached hydrogens (tertiary/aromatic N) is 3. The number of ether oxygens (including phenoxy) is 2. The third kappa shape index (κ3) is 2.49. The van der Waals surface area contributed by atoms with E-state index in [2.05, 4.69) is 5.10 Å². The molecule has 2 fully saturated rings. The zero-order chi connectivity index (χ0) is 19.7. The Bertz CT molecular complexity index is 1030. The molecule has 0 radical (unpaired) electrons. The molecule has 3 aliphatic heterocycles. The number of piperidine rings is 1. The summed E-state index contributed by atoms with van der Waals surface area (Å²) in [5.41, 5.74) is 0.294. The molecule has 150 valence electrons. The summed E-state index contributed by atoms with van der Waals surface area (Å²) in [6, 6.07) is 5.00. The topological polar surface area (TPSA) is 93.9 Å². The number of hydrogen-bond donors (Lipinski definition) is 1. The van der Waals surface area contributed by atoms with Crippen molar-refractivity contribution in [3.05, 3.63) is 35.7 Å². The first-order valence-electron chi connectivity index (χ1n) is 9.44. The van der Waals surface area contributed by atoms with Gasteiger partial charge in [-0.3, -0.25) is 4.68 Å². The molecular formula is C19H23N3O5S. The van der Waals surface area contributed by atoms with Gasteiger partial charge in [0.25, 0.3) is 0 Å². The first kappa shape index (κ1) is 18.0. The van der Waals surface area contributed by atoms with E-state index in [0.29, 0.717) is 30.0 Å². The first-order valence-corrected chi connectivity index (χ1v) is 10.9. The quantitative estimate of drug-likeness (QED) is 0.835. The van der Waals surface area contributed by atoms with Gasteiger partial charge in [-0.05, 0) is 50.3 Å². The van der Waals surface area contributed by atoms with Crippen LogP contribution in [-0.2, 0) is 22.7 Å². The molecule has 0 unspecified atom stereocenters. The molecule has 2 aromatic rings. The molecule has 3 aliphatic rings. The van der Waals surface area contributed by atoms with Crippen molar-refractivity contribution in [3.8, 4) is 11.5 Å². The number of hydrogen-bond acceptors (Lipinski definition) is 6. The van der Waals surface area contributed by atoms with Gasteiger partial charge in [0.1, 0.15) is 4.90 Å². The van der Waals surface area contributed by atoms with Gasteiger partial charge in [0.05, 0.1) is 17.5 Å². The Labute approximate surface area is 163 Å². The Morgan fingerprint density at radius 2 is 1.86 bits per heavy atom. The van der Waals surface area contributed by atoms with E-state index < -0.39 is 15.6 Å². The van der Waals surface area contributed by atoms with Gasteiger partial charge < -0.3 is 14.6 Å². The van der Waals surface area contributed by atoms with Gasteiger partial charge in [-0.15, -0.1) is 0 Å². The van der Waals surface area contributed by atoms with Gasteiger partial charge in [-0.25, -0.2) is 8.42 Å². The minimum Gasteiger partial charge on any atom is -0.454 e. The lowest BCUT2D eigenvalue weighted by Crippen LogP contribution is -2.51. The monoisotopic (exact) mass is 405 g/mol. The number of benzene rings is 1. The largest absolute Gasteiger partial charge is 0.454 e. The molecule has 0 amide bonds. The molecule has 28 heavy (non-hydrogen) atoms.